The summed E-state index contributed by atoms with van der Waals surface area (Å²) in [6.07, 6.45) is -8.74. The monoisotopic (exact) mass is 346 g/mol. The number of pyridine rings is 2. The Labute approximate surface area is 129 Å². The number of hydrogen-bond acceptors (Lipinski definition) is 4. The quantitative estimate of drug-likeness (QED) is 0.541. The maximum atomic E-state index is 12.7. The Hall–Kier alpha value is -2.78. The van der Waals surface area contributed by atoms with E-state index in [1.807, 2.05) is 0 Å². The Kier molecular flexibility index (Phi) is 3.26. The second-order valence-corrected chi connectivity index (χ2v) is 4.89. The van der Waals surface area contributed by atoms with Gasteiger partial charge in [-0.15, -0.1) is 0 Å². The summed E-state index contributed by atoms with van der Waals surface area (Å²) in [4.78, 5) is 30.8. The van der Waals surface area contributed by atoms with Crippen LogP contribution in [-0.4, -0.2) is 21.5 Å². The van der Waals surface area contributed by atoms with Gasteiger partial charge in [-0.3, -0.25) is 19.6 Å². The largest absolute Gasteiger partial charge is 0.417 e. The molecule has 0 saturated carbocycles. The summed E-state index contributed by atoms with van der Waals surface area (Å²) in [6, 6.07) is 0.871. The number of carbonyl (C=O) groups is 2. The first kappa shape index (κ1) is 16.1. The van der Waals surface area contributed by atoms with Gasteiger partial charge in [0.15, 0.2) is 0 Å². The Balaban J connectivity index is 2.24. The average Bonchev–Trinajstić information content (AvgIpc) is 2.49. The van der Waals surface area contributed by atoms with E-state index in [0.717, 1.165) is 0 Å². The topological polar surface area (TPSA) is 59.9 Å². The van der Waals surface area contributed by atoms with Gasteiger partial charge in [-0.1, -0.05) is 0 Å². The van der Waals surface area contributed by atoms with E-state index in [9.17, 15) is 35.9 Å². The summed E-state index contributed by atoms with van der Waals surface area (Å²) in [5, 5.41) is 0. The Bertz CT molecular complexity index is 812. The van der Waals surface area contributed by atoms with Crippen LogP contribution < -0.4 is 0 Å². The fourth-order valence-electron chi connectivity index (χ4n) is 2.21. The fraction of sp³-hybridized carbons (Fsp3) is 0.143. The van der Waals surface area contributed by atoms with Crippen molar-refractivity contribution in [2.45, 2.75) is 12.4 Å². The molecule has 1 aliphatic carbocycles. The summed E-state index contributed by atoms with van der Waals surface area (Å²) in [5.74, 6) is -2.73. The van der Waals surface area contributed by atoms with Gasteiger partial charge in [0.1, 0.15) is 11.4 Å². The highest BCUT2D eigenvalue weighted by Crippen LogP contribution is 2.37. The van der Waals surface area contributed by atoms with Crippen LogP contribution in [0.1, 0.15) is 31.8 Å². The number of rotatable bonds is 0. The molecule has 124 valence electrons. The Morgan fingerprint density at radius 3 is 1.29 bits per heavy atom. The highest BCUT2D eigenvalue weighted by atomic mass is 19.4. The minimum absolute atomic E-state index is 0.365. The molecule has 2 heterocycles. The second kappa shape index (κ2) is 4.86. The van der Waals surface area contributed by atoms with Gasteiger partial charge in [0, 0.05) is 12.4 Å². The number of hydrogen-bond donors (Lipinski definition) is 0. The Morgan fingerprint density at radius 1 is 0.667 bits per heavy atom. The van der Waals surface area contributed by atoms with Crippen LogP contribution >= 0.6 is 0 Å². The van der Waals surface area contributed by atoms with E-state index in [0.29, 0.717) is 24.5 Å². The fourth-order valence-corrected chi connectivity index (χ4v) is 2.21. The molecule has 4 nitrogen and oxygen atoms in total. The van der Waals surface area contributed by atoms with E-state index in [1.54, 1.807) is 0 Å². The van der Waals surface area contributed by atoms with Crippen LogP contribution in [0.25, 0.3) is 11.4 Å². The first-order valence-electron chi connectivity index (χ1n) is 6.24. The molecule has 0 radical (unpaired) electrons. The van der Waals surface area contributed by atoms with E-state index >= 15 is 0 Å². The maximum Gasteiger partial charge on any atom is 0.417 e. The highest BCUT2D eigenvalue weighted by molar-refractivity contribution is 6.52. The third-order valence-corrected chi connectivity index (χ3v) is 3.35. The lowest BCUT2D eigenvalue weighted by molar-refractivity contribution is -0.138. The van der Waals surface area contributed by atoms with Crippen LogP contribution in [0.5, 0.6) is 0 Å². The predicted molar refractivity (Wildman–Crippen MR) is 66.1 cm³/mol. The van der Waals surface area contributed by atoms with Crippen LogP contribution in [0, 0.1) is 0 Å². The number of aromatic nitrogens is 2. The van der Waals surface area contributed by atoms with Crippen molar-refractivity contribution in [1.82, 2.24) is 9.97 Å². The molecule has 0 saturated heterocycles. The summed E-state index contributed by atoms with van der Waals surface area (Å²) in [7, 11) is 0. The van der Waals surface area contributed by atoms with Crippen molar-refractivity contribution in [2.24, 2.45) is 0 Å². The normalized spacial score (nSPS) is 14.4. The molecular formula is C14H4F6N2O2. The number of Topliss-reactive ketones (excluding diaryl/α,β-unsaturated/α-hetero) is 2. The van der Waals surface area contributed by atoms with Gasteiger partial charge in [0.25, 0.3) is 0 Å². The van der Waals surface area contributed by atoms with Crippen molar-refractivity contribution in [1.29, 1.82) is 0 Å². The number of alkyl halides is 6. The lowest BCUT2D eigenvalue weighted by Crippen LogP contribution is -2.24. The first-order chi connectivity index (χ1) is 11.0. The van der Waals surface area contributed by atoms with Gasteiger partial charge >= 0.3 is 12.4 Å². The minimum Gasteiger partial charge on any atom is -0.285 e. The standard InChI is InChI=1S/C14H4F6N2O2/c15-13(16,17)5-1-7-9(21-3-5)10-8(12(24)11(7)23)2-6(4-22-10)14(18,19)20/h1-4H. The zero-order chi connectivity index (χ0) is 17.9. The van der Waals surface area contributed by atoms with Crippen LogP contribution in [0.3, 0.4) is 0 Å². The molecule has 0 aromatic carbocycles. The number of ketones is 2. The van der Waals surface area contributed by atoms with Gasteiger partial charge in [0.05, 0.1) is 22.3 Å². The number of nitrogens with zero attached hydrogens (tertiary/aromatic N) is 2. The zero-order valence-corrected chi connectivity index (χ0v) is 11.3. The summed E-state index contributed by atoms with van der Waals surface area (Å²) in [5.41, 5.74) is -4.52. The molecule has 2 aromatic heterocycles. The molecule has 0 aliphatic heterocycles. The van der Waals surface area contributed by atoms with Crippen molar-refractivity contribution < 1.29 is 35.9 Å². The molecule has 0 N–H and O–H groups in total. The molecule has 0 fully saturated rings. The van der Waals surface area contributed by atoms with Crippen molar-refractivity contribution in [3.8, 4) is 11.4 Å². The third-order valence-electron chi connectivity index (χ3n) is 3.35. The van der Waals surface area contributed by atoms with E-state index in [1.165, 1.54) is 0 Å². The molecule has 0 atom stereocenters. The second-order valence-electron chi connectivity index (χ2n) is 4.89. The van der Waals surface area contributed by atoms with E-state index in [4.69, 9.17) is 0 Å². The molecule has 1 aliphatic rings. The van der Waals surface area contributed by atoms with Gasteiger partial charge in [0.2, 0.25) is 11.6 Å². The van der Waals surface area contributed by atoms with E-state index < -0.39 is 46.2 Å². The highest BCUT2D eigenvalue weighted by Gasteiger charge is 2.39. The van der Waals surface area contributed by atoms with Crippen LogP contribution in [-0.2, 0) is 12.4 Å². The molecule has 2 aromatic rings. The number of carbonyl (C=O) groups excluding carboxylic acids is 2. The number of fused-ring (bicyclic) bond motifs is 3. The van der Waals surface area contributed by atoms with E-state index in [2.05, 4.69) is 9.97 Å². The molecule has 3 rings (SSSR count). The molecule has 0 bridgehead atoms. The molecule has 24 heavy (non-hydrogen) atoms. The van der Waals surface area contributed by atoms with Crippen molar-refractivity contribution in [2.75, 3.05) is 0 Å². The first-order valence-corrected chi connectivity index (χ1v) is 6.24. The number of halogens is 6. The third kappa shape index (κ3) is 2.43. The summed E-state index contributed by atoms with van der Waals surface area (Å²) in [6.45, 7) is 0. The molecule has 10 heteroatoms. The van der Waals surface area contributed by atoms with Gasteiger partial charge in [-0.25, -0.2) is 0 Å². The molecule has 0 spiro atoms. The molecular weight excluding hydrogens is 342 g/mol. The van der Waals surface area contributed by atoms with Gasteiger partial charge in [-0.05, 0) is 12.1 Å². The van der Waals surface area contributed by atoms with Gasteiger partial charge < -0.3 is 0 Å². The lowest BCUT2D eigenvalue weighted by Gasteiger charge is -2.18. The van der Waals surface area contributed by atoms with Gasteiger partial charge in [-0.2, -0.15) is 26.3 Å². The molecule has 0 amide bonds. The minimum atomic E-state index is -4.79. The Morgan fingerprint density at radius 2 is 1.00 bits per heavy atom. The maximum absolute atomic E-state index is 12.7. The van der Waals surface area contributed by atoms with Crippen LogP contribution in [0.4, 0.5) is 26.3 Å². The average molecular weight is 346 g/mol. The van der Waals surface area contributed by atoms with Crippen molar-refractivity contribution in [3.63, 3.8) is 0 Å². The summed E-state index contributed by atoms with van der Waals surface area (Å²) >= 11 is 0. The predicted octanol–water partition coefficient (Wildman–Crippen LogP) is 3.56. The van der Waals surface area contributed by atoms with Crippen LogP contribution in [0.15, 0.2) is 24.5 Å². The molecule has 0 unspecified atom stereocenters. The smallest absolute Gasteiger partial charge is 0.285 e. The summed E-state index contributed by atoms with van der Waals surface area (Å²) < 4.78 is 76.1. The van der Waals surface area contributed by atoms with Crippen LogP contribution in [0.2, 0.25) is 0 Å². The SMILES string of the molecule is O=C1C(=O)c2cc(C(F)(F)F)cnc2-c2ncc(C(F)(F)F)cc21. The van der Waals surface area contributed by atoms with E-state index in [-0.39, 0.29) is 11.4 Å². The van der Waals surface area contributed by atoms with Crippen molar-refractivity contribution in [3.05, 3.63) is 46.8 Å². The lowest BCUT2D eigenvalue weighted by atomic mass is 9.89. The van der Waals surface area contributed by atoms with Crippen molar-refractivity contribution >= 4 is 11.6 Å². The zero-order valence-electron chi connectivity index (χ0n) is 11.3.